The first-order valence-electron chi connectivity index (χ1n) is 6.94. The zero-order chi connectivity index (χ0) is 14.7. The molecule has 0 aromatic heterocycles. The average molecular weight is 279 g/mol. The highest BCUT2D eigenvalue weighted by Gasteiger charge is 2.24. The Morgan fingerprint density at radius 1 is 1.45 bits per heavy atom. The number of nitro groups is 1. The van der Waals surface area contributed by atoms with Gasteiger partial charge in [0.2, 0.25) is 0 Å². The molecule has 1 aliphatic rings. The maximum atomic E-state index is 11.0. The molecule has 1 aromatic carbocycles. The number of hydrogen-bond acceptors (Lipinski definition) is 5. The summed E-state index contributed by atoms with van der Waals surface area (Å²) in [5.41, 5.74) is 6.82. The molecule has 0 amide bonds. The molecular formula is C14H21N3O3. The second-order valence-corrected chi connectivity index (χ2v) is 5.45. The summed E-state index contributed by atoms with van der Waals surface area (Å²) in [6.45, 7) is 3.69. The molecular weight excluding hydrogens is 258 g/mol. The van der Waals surface area contributed by atoms with Crippen molar-refractivity contribution in [3.8, 4) is 5.75 Å². The molecule has 0 bridgehead atoms. The van der Waals surface area contributed by atoms with Crippen LogP contribution in [0.4, 0.5) is 11.4 Å². The lowest BCUT2D eigenvalue weighted by Gasteiger charge is -2.19. The number of nitrogens with two attached hydrogens (primary N) is 1. The zero-order valence-electron chi connectivity index (χ0n) is 11.8. The molecule has 110 valence electrons. The topological polar surface area (TPSA) is 90.4 Å². The average Bonchev–Trinajstić information content (AvgIpc) is 2.74. The van der Waals surface area contributed by atoms with E-state index in [1.54, 1.807) is 12.1 Å². The van der Waals surface area contributed by atoms with Gasteiger partial charge in [0.05, 0.1) is 11.0 Å². The predicted octanol–water partition coefficient (Wildman–Crippen LogP) is 2.67. The maximum absolute atomic E-state index is 11.0. The quantitative estimate of drug-likeness (QED) is 0.638. The Hall–Kier alpha value is -1.82. The van der Waals surface area contributed by atoms with Gasteiger partial charge in [-0.25, -0.2) is 0 Å². The highest BCUT2D eigenvalue weighted by Crippen LogP contribution is 2.32. The standard InChI is InChI=1S/C14H21N3O3/c1-9(2)20-14-8-10(6-7-13(14)17(18)19)16-12-5-3-4-11(12)15/h6-9,11-12,16H,3-5,15H2,1-2H3. The van der Waals surface area contributed by atoms with Crippen LogP contribution in [0.5, 0.6) is 5.75 Å². The Balaban J connectivity index is 2.20. The van der Waals surface area contributed by atoms with Crippen LogP contribution in [0.2, 0.25) is 0 Å². The van der Waals surface area contributed by atoms with Gasteiger partial charge in [0.25, 0.3) is 0 Å². The van der Waals surface area contributed by atoms with Crippen LogP contribution >= 0.6 is 0 Å². The van der Waals surface area contributed by atoms with Gasteiger partial charge in [-0.2, -0.15) is 0 Å². The predicted molar refractivity (Wildman–Crippen MR) is 78.1 cm³/mol. The zero-order valence-corrected chi connectivity index (χ0v) is 11.8. The van der Waals surface area contributed by atoms with E-state index in [2.05, 4.69) is 5.32 Å². The van der Waals surface area contributed by atoms with Crippen molar-refractivity contribution in [3.63, 3.8) is 0 Å². The summed E-state index contributed by atoms with van der Waals surface area (Å²) in [4.78, 5) is 10.6. The third-order valence-corrected chi connectivity index (χ3v) is 3.44. The Kier molecular flexibility index (Phi) is 4.44. The smallest absolute Gasteiger partial charge is 0.311 e. The number of ether oxygens (including phenoxy) is 1. The van der Waals surface area contributed by atoms with Gasteiger partial charge >= 0.3 is 5.69 Å². The van der Waals surface area contributed by atoms with Crippen molar-refractivity contribution in [2.24, 2.45) is 5.73 Å². The minimum Gasteiger partial charge on any atom is -0.484 e. The fraction of sp³-hybridized carbons (Fsp3) is 0.571. The Morgan fingerprint density at radius 3 is 2.75 bits per heavy atom. The van der Waals surface area contributed by atoms with E-state index >= 15 is 0 Å². The van der Waals surface area contributed by atoms with Gasteiger partial charge in [-0.1, -0.05) is 0 Å². The van der Waals surface area contributed by atoms with Gasteiger partial charge < -0.3 is 15.8 Å². The van der Waals surface area contributed by atoms with Crippen LogP contribution < -0.4 is 15.8 Å². The molecule has 20 heavy (non-hydrogen) atoms. The largest absolute Gasteiger partial charge is 0.484 e. The highest BCUT2D eigenvalue weighted by atomic mass is 16.6. The summed E-state index contributed by atoms with van der Waals surface area (Å²) in [6, 6.07) is 5.23. The number of nitrogens with one attached hydrogen (secondary N) is 1. The number of benzene rings is 1. The summed E-state index contributed by atoms with van der Waals surface area (Å²) >= 11 is 0. The van der Waals surface area contributed by atoms with Crippen molar-refractivity contribution in [2.75, 3.05) is 5.32 Å². The molecule has 0 heterocycles. The minimum absolute atomic E-state index is 0.0139. The van der Waals surface area contributed by atoms with Gasteiger partial charge in [-0.15, -0.1) is 0 Å². The van der Waals surface area contributed by atoms with Crippen LogP contribution in [0.15, 0.2) is 18.2 Å². The molecule has 0 spiro atoms. The van der Waals surface area contributed by atoms with E-state index in [1.165, 1.54) is 6.07 Å². The van der Waals surface area contributed by atoms with Gasteiger partial charge in [0, 0.05) is 29.9 Å². The van der Waals surface area contributed by atoms with Crippen LogP contribution in [0, 0.1) is 10.1 Å². The third kappa shape index (κ3) is 3.39. The summed E-state index contributed by atoms with van der Waals surface area (Å²) in [6.07, 6.45) is 3.04. The minimum atomic E-state index is -0.428. The van der Waals surface area contributed by atoms with Crippen molar-refractivity contribution in [3.05, 3.63) is 28.3 Å². The van der Waals surface area contributed by atoms with E-state index in [1.807, 2.05) is 13.8 Å². The molecule has 1 aromatic rings. The van der Waals surface area contributed by atoms with E-state index in [4.69, 9.17) is 10.5 Å². The molecule has 2 rings (SSSR count). The van der Waals surface area contributed by atoms with Crippen LogP contribution in [0.1, 0.15) is 33.1 Å². The molecule has 0 radical (unpaired) electrons. The molecule has 0 saturated heterocycles. The molecule has 1 saturated carbocycles. The first kappa shape index (κ1) is 14.6. The third-order valence-electron chi connectivity index (χ3n) is 3.44. The normalized spacial score (nSPS) is 22.0. The molecule has 1 aliphatic carbocycles. The van der Waals surface area contributed by atoms with Crippen molar-refractivity contribution in [1.29, 1.82) is 0 Å². The first-order chi connectivity index (χ1) is 9.47. The van der Waals surface area contributed by atoms with Crippen LogP contribution in [-0.4, -0.2) is 23.1 Å². The van der Waals surface area contributed by atoms with Crippen LogP contribution in [-0.2, 0) is 0 Å². The van der Waals surface area contributed by atoms with Crippen molar-refractivity contribution >= 4 is 11.4 Å². The molecule has 0 aliphatic heterocycles. The fourth-order valence-electron chi connectivity index (χ4n) is 2.49. The highest BCUT2D eigenvalue weighted by molar-refractivity contribution is 5.58. The van der Waals surface area contributed by atoms with Gasteiger partial charge in [-0.3, -0.25) is 10.1 Å². The van der Waals surface area contributed by atoms with E-state index in [-0.39, 0.29) is 23.9 Å². The van der Waals surface area contributed by atoms with Crippen LogP contribution in [0.3, 0.4) is 0 Å². The number of hydrogen-bond donors (Lipinski definition) is 2. The van der Waals surface area contributed by atoms with Gasteiger partial charge in [0.15, 0.2) is 5.75 Å². The molecule has 6 nitrogen and oxygen atoms in total. The summed E-state index contributed by atoms with van der Waals surface area (Å²) < 4.78 is 5.53. The summed E-state index contributed by atoms with van der Waals surface area (Å²) in [5, 5.41) is 14.3. The summed E-state index contributed by atoms with van der Waals surface area (Å²) in [7, 11) is 0. The van der Waals surface area contributed by atoms with Crippen LogP contribution in [0.25, 0.3) is 0 Å². The number of nitrogens with zero attached hydrogens (tertiary/aromatic N) is 1. The van der Waals surface area contributed by atoms with E-state index < -0.39 is 4.92 Å². The van der Waals surface area contributed by atoms with E-state index in [0.717, 1.165) is 24.9 Å². The van der Waals surface area contributed by atoms with E-state index in [9.17, 15) is 10.1 Å². The van der Waals surface area contributed by atoms with Gasteiger partial charge in [-0.05, 0) is 39.2 Å². The lowest BCUT2D eigenvalue weighted by Crippen LogP contribution is -2.35. The number of rotatable bonds is 5. The van der Waals surface area contributed by atoms with Gasteiger partial charge in [0.1, 0.15) is 0 Å². The number of anilines is 1. The number of nitro benzene ring substituents is 1. The first-order valence-corrected chi connectivity index (χ1v) is 6.94. The Bertz CT molecular complexity index is 491. The lowest BCUT2D eigenvalue weighted by molar-refractivity contribution is -0.386. The second kappa shape index (κ2) is 6.09. The Labute approximate surface area is 118 Å². The fourth-order valence-corrected chi connectivity index (χ4v) is 2.49. The summed E-state index contributed by atoms with van der Waals surface area (Å²) in [5.74, 6) is 0.293. The lowest BCUT2D eigenvalue weighted by atomic mass is 10.1. The van der Waals surface area contributed by atoms with Crippen molar-refractivity contribution < 1.29 is 9.66 Å². The molecule has 2 unspecified atom stereocenters. The Morgan fingerprint density at radius 2 is 2.20 bits per heavy atom. The van der Waals surface area contributed by atoms with Crippen molar-refractivity contribution in [1.82, 2.24) is 0 Å². The monoisotopic (exact) mass is 279 g/mol. The molecule has 6 heteroatoms. The molecule has 1 fully saturated rings. The maximum Gasteiger partial charge on any atom is 0.311 e. The van der Waals surface area contributed by atoms with Crippen molar-refractivity contribution in [2.45, 2.75) is 51.3 Å². The molecule has 3 N–H and O–H groups in total. The molecule has 2 atom stereocenters. The SMILES string of the molecule is CC(C)Oc1cc(NC2CCCC2N)ccc1[N+](=O)[O-]. The second-order valence-electron chi connectivity index (χ2n) is 5.45. The van der Waals surface area contributed by atoms with E-state index in [0.29, 0.717) is 5.75 Å².